The van der Waals surface area contributed by atoms with Crippen molar-refractivity contribution in [1.82, 2.24) is 4.72 Å². The molecule has 0 radical (unpaired) electrons. The molecule has 1 unspecified atom stereocenters. The maximum Gasteiger partial charge on any atom is 0.336 e. The first-order valence-corrected chi connectivity index (χ1v) is 8.51. The van der Waals surface area contributed by atoms with Crippen LogP contribution < -0.4 is 9.46 Å². The molecule has 126 valence electrons. The highest BCUT2D eigenvalue weighted by Crippen LogP contribution is 2.42. The van der Waals surface area contributed by atoms with Crippen LogP contribution in [0.25, 0.3) is 5.57 Å². The number of nitrogens with one attached hydrogen (secondary N) is 1. The highest BCUT2D eigenvalue weighted by Gasteiger charge is 2.37. The van der Waals surface area contributed by atoms with Crippen LogP contribution in [0.1, 0.15) is 44.9 Å². The first kappa shape index (κ1) is 17.7. The van der Waals surface area contributed by atoms with Gasteiger partial charge in [-0.05, 0) is 56.5 Å². The molecular formula is C17H23NO4S. The van der Waals surface area contributed by atoms with E-state index in [4.69, 9.17) is 9.47 Å². The van der Waals surface area contributed by atoms with E-state index in [1.165, 1.54) is 7.11 Å². The predicted octanol–water partition coefficient (Wildman–Crippen LogP) is 2.75. The monoisotopic (exact) mass is 337 g/mol. The molecule has 2 atom stereocenters. The van der Waals surface area contributed by atoms with E-state index in [2.05, 4.69) is 4.72 Å². The van der Waals surface area contributed by atoms with Crippen molar-refractivity contribution in [2.24, 2.45) is 0 Å². The molecule has 0 saturated carbocycles. The van der Waals surface area contributed by atoms with Gasteiger partial charge in [0.05, 0.1) is 41.6 Å². The van der Waals surface area contributed by atoms with Crippen LogP contribution in [0.2, 0.25) is 0 Å². The zero-order valence-electron chi connectivity index (χ0n) is 14.4. The topological polar surface area (TPSA) is 64.6 Å². The predicted molar refractivity (Wildman–Crippen MR) is 91.4 cm³/mol. The zero-order chi connectivity index (χ0) is 17.4. The Labute approximate surface area is 139 Å². The van der Waals surface area contributed by atoms with Crippen LogP contribution in [-0.2, 0) is 20.5 Å². The number of hydrogen-bond acceptors (Lipinski definition) is 4. The van der Waals surface area contributed by atoms with Gasteiger partial charge >= 0.3 is 5.97 Å². The second-order valence-electron chi connectivity index (χ2n) is 6.42. The summed E-state index contributed by atoms with van der Waals surface area (Å²) >= 11 is 0. The van der Waals surface area contributed by atoms with Gasteiger partial charge in [0.1, 0.15) is 5.75 Å². The molecule has 1 N–H and O–H groups in total. The average Bonchev–Trinajstić information content (AvgIpc) is 2.77. The van der Waals surface area contributed by atoms with E-state index >= 15 is 0 Å². The molecule has 1 aromatic carbocycles. The summed E-state index contributed by atoms with van der Waals surface area (Å²) in [4.78, 5) is 12.2. The minimum absolute atomic E-state index is 0.416. The summed E-state index contributed by atoms with van der Waals surface area (Å²) in [6.45, 7) is 7.52. The maximum absolute atomic E-state index is 12.5. The number of rotatable bonds is 4. The lowest BCUT2D eigenvalue weighted by atomic mass is 10.0. The second kappa shape index (κ2) is 6.45. The molecule has 1 aliphatic rings. The van der Waals surface area contributed by atoms with Crippen molar-refractivity contribution in [2.75, 3.05) is 14.2 Å². The SMILES string of the molecule is COC(=O)C1=C(C)c2ccc(OC)cc2C1N[S@@](=O)C(C)(C)C. The van der Waals surface area contributed by atoms with Gasteiger partial charge in [0, 0.05) is 0 Å². The second-order valence-corrected chi connectivity index (χ2v) is 8.41. The average molecular weight is 337 g/mol. The van der Waals surface area contributed by atoms with E-state index in [1.807, 2.05) is 45.9 Å². The molecule has 0 spiro atoms. The molecule has 5 nitrogen and oxygen atoms in total. The molecule has 0 fully saturated rings. The van der Waals surface area contributed by atoms with E-state index < -0.39 is 27.7 Å². The van der Waals surface area contributed by atoms with Crippen molar-refractivity contribution in [1.29, 1.82) is 0 Å². The number of allylic oxidation sites excluding steroid dienone is 1. The van der Waals surface area contributed by atoms with Crippen molar-refractivity contribution in [3.05, 3.63) is 34.9 Å². The van der Waals surface area contributed by atoms with Crippen molar-refractivity contribution in [3.8, 4) is 5.75 Å². The van der Waals surface area contributed by atoms with Gasteiger partial charge in [-0.25, -0.2) is 13.7 Å². The Morgan fingerprint density at radius 3 is 2.43 bits per heavy atom. The summed E-state index contributed by atoms with van der Waals surface area (Å²) in [5.74, 6) is 0.275. The molecule has 0 amide bonds. The highest BCUT2D eigenvalue weighted by atomic mass is 32.2. The number of carbonyl (C=O) groups is 1. The fourth-order valence-electron chi connectivity index (χ4n) is 2.55. The molecule has 0 aliphatic heterocycles. The smallest absolute Gasteiger partial charge is 0.336 e. The van der Waals surface area contributed by atoms with Crippen LogP contribution in [0, 0.1) is 0 Å². The van der Waals surface area contributed by atoms with Crippen molar-refractivity contribution in [2.45, 2.75) is 38.5 Å². The summed E-state index contributed by atoms with van der Waals surface area (Å²) in [6.07, 6.45) is 0. The Kier molecular flexibility index (Phi) is 4.96. The Morgan fingerprint density at radius 1 is 1.26 bits per heavy atom. The van der Waals surface area contributed by atoms with Crippen LogP contribution in [0.3, 0.4) is 0 Å². The number of hydrogen-bond donors (Lipinski definition) is 1. The fourth-order valence-corrected chi connectivity index (χ4v) is 3.36. The third-order valence-electron chi connectivity index (χ3n) is 3.85. The zero-order valence-corrected chi connectivity index (χ0v) is 15.2. The minimum atomic E-state index is -1.33. The molecule has 2 rings (SSSR count). The molecule has 0 aromatic heterocycles. The fraction of sp³-hybridized carbons (Fsp3) is 0.471. The van der Waals surface area contributed by atoms with E-state index in [1.54, 1.807) is 7.11 Å². The Hall–Kier alpha value is -1.66. The Morgan fingerprint density at radius 2 is 1.91 bits per heavy atom. The van der Waals surface area contributed by atoms with Crippen LogP contribution in [0.4, 0.5) is 0 Å². The van der Waals surface area contributed by atoms with E-state index in [9.17, 15) is 9.00 Å². The first-order chi connectivity index (χ1) is 10.7. The molecule has 0 saturated heterocycles. The normalized spacial score (nSPS) is 18.6. The van der Waals surface area contributed by atoms with Gasteiger partial charge in [0.25, 0.3) is 0 Å². The third-order valence-corrected chi connectivity index (χ3v) is 5.41. The lowest BCUT2D eigenvalue weighted by molar-refractivity contribution is -0.136. The molecule has 6 heteroatoms. The number of fused-ring (bicyclic) bond motifs is 1. The van der Waals surface area contributed by atoms with Crippen molar-refractivity contribution < 1.29 is 18.5 Å². The van der Waals surface area contributed by atoms with Gasteiger partial charge < -0.3 is 9.47 Å². The van der Waals surface area contributed by atoms with Crippen LogP contribution in [0.15, 0.2) is 23.8 Å². The summed E-state index contributed by atoms with van der Waals surface area (Å²) in [5, 5.41) is 0. The number of esters is 1. The van der Waals surface area contributed by atoms with E-state index in [0.29, 0.717) is 11.3 Å². The van der Waals surface area contributed by atoms with Crippen molar-refractivity contribution in [3.63, 3.8) is 0 Å². The van der Waals surface area contributed by atoms with Crippen LogP contribution in [0.5, 0.6) is 5.75 Å². The van der Waals surface area contributed by atoms with Gasteiger partial charge in [-0.2, -0.15) is 0 Å². The number of benzene rings is 1. The van der Waals surface area contributed by atoms with Gasteiger partial charge in [0.2, 0.25) is 0 Å². The molecule has 1 aliphatic carbocycles. The molecule has 23 heavy (non-hydrogen) atoms. The van der Waals surface area contributed by atoms with Crippen LogP contribution in [-0.4, -0.2) is 29.1 Å². The minimum Gasteiger partial charge on any atom is -0.497 e. The number of ether oxygens (including phenoxy) is 2. The van der Waals surface area contributed by atoms with Gasteiger partial charge in [-0.3, -0.25) is 0 Å². The third kappa shape index (κ3) is 3.33. The number of carbonyl (C=O) groups excluding carboxylic acids is 1. The Balaban J connectivity index is 2.52. The standard InChI is InChI=1S/C17H23NO4S/c1-10-12-8-7-11(21-5)9-13(12)15(14(10)16(19)22-6)18-23(20)17(2,3)4/h7-9,15,18H,1-6H3/t15?,23-/m0/s1. The molecule has 0 heterocycles. The molecular weight excluding hydrogens is 314 g/mol. The molecule has 0 bridgehead atoms. The number of methoxy groups -OCH3 is 2. The van der Waals surface area contributed by atoms with Crippen LogP contribution >= 0.6 is 0 Å². The van der Waals surface area contributed by atoms with Crippen molar-refractivity contribution >= 4 is 22.5 Å². The first-order valence-electron chi connectivity index (χ1n) is 7.36. The van der Waals surface area contributed by atoms with Gasteiger partial charge in [-0.15, -0.1) is 0 Å². The molecule has 1 aromatic rings. The largest absolute Gasteiger partial charge is 0.497 e. The lowest BCUT2D eigenvalue weighted by Crippen LogP contribution is -2.37. The Bertz CT molecular complexity index is 688. The summed E-state index contributed by atoms with van der Waals surface area (Å²) in [6, 6.07) is 5.15. The quantitative estimate of drug-likeness (QED) is 0.858. The maximum atomic E-state index is 12.5. The summed E-state index contributed by atoms with van der Waals surface area (Å²) in [5.41, 5.74) is 3.14. The van der Waals surface area contributed by atoms with E-state index in [0.717, 1.165) is 16.7 Å². The van der Waals surface area contributed by atoms with Gasteiger partial charge in [0.15, 0.2) is 0 Å². The lowest BCUT2D eigenvalue weighted by Gasteiger charge is -2.23. The highest BCUT2D eigenvalue weighted by molar-refractivity contribution is 7.84. The summed E-state index contributed by atoms with van der Waals surface area (Å²) in [7, 11) is 1.61. The summed E-state index contributed by atoms with van der Waals surface area (Å²) < 4.78 is 25.4. The van der Waals surface area contributed by atoms with E-state index in [-0.39, 0.29) is 0 Å². The van der Waals surface area contributed by atoms with Gasteiger partial charge in [-0.1, -0.05) is 6.07 Å².